The predicted octanol–water partition coefficient (Wildman–Crippen LogP) is 1.63. The van der Waals surface area contributed by atoms with E-state index < -0.39 is 5.97 Å². The Bertz CT molecular complexity index is 655. The van der Waals surface area contributed by atoms with Crippen LogP contribution in [0.3, 0.4) is 0 Å². The van der Waals surface area contributed by atoms with Gasteiger partial charge in [0.2, 0.25) is 0 Å². The summed E-state index contributed by atoms with van der Waals surface area (Å²) in [5.41, 5.74) is 0.983. The van der Waals surface area contributed by atoms with Crippen molar-refractivity contribution >= 4 is 16.7 Å². The SMILES string of the molecule is COC(=O)c1cccc2cc(C)n(C)c(=O)c12. The highest BCUT2D eigenvalue weighted by Crippen LogP contribution is 2.17. The number of nitrogens with zero attached hydrogens (tertiary/aromatic N) is 1. The lowest BCUT2D eigenvalue weighted by Gasteiger charge is -2.08. The molecule has 0 saturated carbocycles. The molecule has 1 aromatic carbocycles. The molecule has 0 amide bonds. The van der Waals surface area contributed by atoms with Gasteiger partial charge in [-0.2, -0.15) is 0 Å². The highest BCUT2D eigenvalue weighted by molar-refractivity contribution is 6.04. The molecule has 17 heavy (non-hydrogen) atoms. The van der Waals surface area contributed by atoms with Crippen molar-refractivity contribution in [3.63, 3.8) is 0 Å². The van der Waals surface area contributed by atoms with Gasteiger partial charge in [-0.3, -0.25) is 4.79 Å². The first-order valence-corrected chi connectivity index (χ1v) is 5.24. The topological polar surface area (TPSA) is 48.3 Å². The monoisotopic (exact) mass is 231 g/mol. The predicted molar refractivity (Wildman–Crippen MR) is 65.3 cm³/mol. The van der Waals surface area contributed by atoms with Crippen molar-refractivity contribution in [1.29, 1.82) is 0 Å². The van der Waals surface area contributed by atoms with E-state index in [4.69, 9.17) is 0 Å². The fourth-order valence-corrected chi connectivity index (χ4v) is 1.86. The summed E-state index contributed by atoms with van der Waals surface area (Å²) in [6.07, 6.45) is 0. The summed E-state index contributed by atoms with van der Waals surface area (Å²) in [4.78, 5) is 23.8. The molecular formula is C13H13NO3. The number of carbonyl (C=O) groups excluding carboxylic acids is 1. The molecular weight excluding hydrogens is 218 g/mol. The van der Waals surface area contributed by atoms with Crippen molar-refractivity contribution < 1.29 is 9.53 Å². The van der Waals surface area contributed by atoms with E-state index in [0.717, 1.165) is 11.1 Å². The Hall–Kier alpha value is -2.10. The van der Waals surface area contributed by atoms with Crippen LogP contribution in [0.1, 0.15) is 16.1 Å². The number of aromatic nitrogens is 1. The van der Waals surface area contributed by atoms with Crippen LogP contribution in [0.2, 0.25) is 0 Å². The second kappa shape index (κ2) is 4.05. The molecule has 0 atom stereocenters. The first-order chi connectivity index (χ1) is 8.06. The van der Waals surface area contributed by atoms with Gasteiger partial charge in [0.1, 0.15) is 0 Å². The van der Waals surface area contributed by atoms with Crippen LogP contribution in [0, 0.1) is 6.92 Å². The van der Waals surface area contributed by atoms with Crippen LogP contribution in [0.4, 0.5) is 0 Å². The molecule has 0 aliphatic rings. The van der Waals surface area contributed by atoms with E-state index in [-0.39, 0.29) is 5.56 Å². The summed E-state index contributed by atoms with van der Waals surface area (Å²) < 4.78 is 6.20. The van der Waals surface area contributed by atoms with E-state index >= 15 is 0 Å². The maximum atomic E-state index is 12.1. The van der Waals surface area contributed by atoms with Crippen molar-refractivity contribution in [2.24, 2.45) is 7.05 Å². The van der Waals surface area contributed by atoms with Gasteiger partial charge in [0.15, 0.2) is 0 Å². The van der Waals surface area contributed by atoms with E-state index in [1.807, 2.05) is 19.1 Å². The number of rotatable bonds is 1. The maximum absolute atomic E-state index is 12.1. The van der Waals surface area contributed by atoms with Crippen LogP contribution in [-0.4, -0.2) is 17.6 Å². The van der Waals surface area contributed by atoms with Gasteiger partial charge in [-0.25, -0.2) is 4.79 Å². The molecule has 0 N–H and O–H groups in total. The quantitative estimate of drug-likeness (QED) is 0.701. The van der Waals surface area contributed by atoms with Gasteiger partial charge < -0.3 is 9.30 Å². The summed E-state index contributed by atoms with van der Waals surface area (Å²) in [5, 5.41) is 1.17. The summed E-state index contributed by atoms with van der Waals surface area (Å²) in [5.74, 6) is -0.489. The third-order valence-corrected chi connectivity index (χ3v) is 2.91. The molecule has 1 aromatic heterocycles. The summed E-state index contributed by atoms with van der Waals surface area (Å²) in [7, 11) is 2.99. The number of fused-ring (bicyclic) bond motifs is 1. The molecule has 0 spiro atoms. The molecule has 0 unspecified atom stereocenters. The average molecular weight is 231 g/mol. The van der Waals surface area contributed by atoms with Crippen molar-refractivity contribution in [2.75, 3.05) is 7.11 Å². The summed E-state index contributed by atoms with van der Waals surface area (Å²) >= 11 is 0. The minimum atomic E-state index is -0.489. The Labute approximate surface area is 98.4 Å². The highest BCUT2D eigenvalue weighted by Gasteiger charge is 2.14. The van der Waals surface area contributed by atoms with E-state index in [1.54, 1.807) is 19.2 Å². The number of ether oxygens (including phenoxy) is 1. The van der Waals surface area contributed by atoms with E-state index in [1.165, 1.54) is 11.7 Å². The zero-order chi connectivity index (χ0) is 12.6. The molecule has 1 heterocycles. The smallest absolute Gasteiger partial charge is 0.338 e. The molecule has 4 nitrogen and oxygen atoms in total. The number of aryl methyl sites for hydroxylation is 1. The van der Waals surface area contributed by atoms with Gasteiger partial charge in [-0.15, -0.1) is 0 Å². The lowest BCUT2D eigenvalue weighted by atomic mass is 10.1. The van der Waals surface area contributed by atoms with Gasteiger partial charge in [0.05, 0.1) is 18.1 Å². The first-order valence-electron chi connectivity index (χ1n) is 5.24. The lowest BCUT2D eigenvalue weighted by molar-refractivity contribution is 0.0603. The number of methoxy groups -OCH3 is 1. The van der Waals surface area contributed by atoms with Crippen LogP contribution in [0.15, 0.2) is 29.1 Å². The van der Waals surface area contributed by atoms with Crippen LogP contribution in [0.25, 0.3) is 10.8 Å². The molecule has 0 bridgehead atoms. The van der Waals surface area contributed by atoms with Crippen molar-refractivity contribution in [3.8, 4) is 0 Å². The number of pyridine rings is 1. The number of hydrogen-bond donors (Lipinski definition) is 0. The number of hydrogen-bond acceptors (Lipinski definition) is 3. The van der Waals surface area contributed by atoms with Crippen LogP contribution in [-0.2, 0) is 11.8 Å². The summed E-state index contributed by atoms with van der Waals surface area (Å²) in [6, 6.07) is 7.04. The van der Waals surface area contributed by atoms with Gasteiger partial charge in [-0.1, -0.05) is 12.1 Å². The second-order valence-corrected chi connectivity index (χ2v) is 3.91. The van der Waals surface area contributed by atoms with E-state index in [0.29, 0.717) is 10.9 Å². The molecule has 0 radical (unpaired) electrons. The molecule has 0 aliphatic carbocycles. The van der Waals surface area contributed by atoms with Crippen molar-refractivity contribution in [2.45, 2.75) is 6.92 Å². The molecule has 0 aliphatic heterocycles. The Morgan fingerprint density at radius 1 is 1.35 bits per heavy atom. The Balaban J connectivity index is 2.94. The minimum Gasteiger partial charge on any atom is -0.465 e. The van der Waals surface area contributed by atoms with Gasteiger partial charge in [0.25, 0.3) is 5.56 Å². The van der Waals surface area contributed by atoms with Gasteiger partial charge >= 0.3 is 5.97 Å². The highest BCUT2D eigenvalue weighted by atomic mass is 16.5. The van der Waals surface area contributed by atoms with Gasteiger partial charge in [-0.05, 0) is 24.4 Å². The standard InChI is InChI=1S/C13H13NO3/c1-8-7-9-5-4-6-10(13(16)17-3)11(9)12(15)14(8)2/h4-7H,1-3H3. The molecule has 2 rings (SSSR count). The van der Waals surface area contributed by atoms with Crippen molar-refractivity contribution in [3.05, 3.63) is 45.9 Å². The molecule has 0 fully saturated rings. The zero-order valence-electron chi connectivity index (χ0n) is 9.98. The molecule has 0 saturated heterocycles. The third kappa shape index (κ3) is 1.71. The minimum absolute atomic E-state index is 0.180. The van der Waals surface area contributed by atoms with Crippen LogP contribution in [0.5, 0.6) is 0 Å². The molecule has 4 heteroatoms. The fourth-order valence-electron chi connectivity index (χ4n) is 1.86. The lowest BCUT2D eigenvalue weighted by Crippen LogP contribution is -2.21. The average Bonchev–Trinajstić information content (AvgIpc) is 2.34. The van der Waals surface area contributed by atoms with E-state index in [2.05, 4.69) is 4.74 Å². The Kier molecular flexibility index (Phi) is 2.71. The van der Waals surface area contributed by atoms with E-state index in [9.17, 15) is 9.59 Å². The molecule has 2 aromatic rings. The molecule has 88 valence electrons. The number of benzene rings is 1. The third-order valence-electron chi connectivity index (χ3n) is 2.91. The maximum Gasteiger partial charge on any atom is 0.338 e. The van der Waals surface area contributed by atoms with Crippen LogP contribution >= 0.6 is 0 Å². The zero-order valence-corrected chi connectivity index (χ0v) is 9.98. The number of esters is 1. The fraction of sp³-hybridized carbons (Fsp3) is 0.231. The summed E-state index contributed by atoms with van der Waals surface area (Å²) in [6.45, 7) is 1.85. The van der Waals surface area contributed by atoms with Crippen molar-refractivity contribution in [1.82, 2.24) is 4.57 Å². The Morgan fingerprint density at radius 3 is 2.71 bits per heavy atom. The number of carbonyl (C=O) groups is 1. The van der Waals surface area contributed by atoms with Gasteiger partial charge in [0, 0.05) is 12.7 Å². The van der Waals surface area contributed by atoms with Crippen LogP contribution < -0.4 is 5.56 Å². The normalized spacial score (nSPS) is 10.5. The largest absolute Gasteiger partial charge is 0.465 e. The second-order valence-electron chi connectivity index (χ2n) is 3.91. The first kappa shape index (κ1) is 11.4. The Morgan fingerprint density at radius 2 is 2.06 bits per heavy atom.